The molecule has 170 valence electrons. The summed E-state index contributed by atoms with van der Waals surface area (Å²) in [5.41, 5.74) is 1.47. The normalized spacial score (nSPS) is 20.5. The summed E-state index contributed by atoms with van der Waals surface area (Å²) in [7, 11) is 0. The highest BCUT2D eigenvalue weighted by Gasteiger charge is 2.47. The molecule has 0 spiro atoms. The summed E-state index contributed by atoms with van der Waals surface area (Å²) in [4.78, 5) is 46.1. The van der Waals surface area contributed by atoms with Gasteiger partial charge in [-0.25, -0.2) is 9.37 Å². The number of fused-ring (bicyclic) bond motifs is 1. The van der Waals surface area contributed by atoms with Crippen LogP contribution in [-0.4, -0.2) is 40.7 Å². The minimum Gasteiger partial charge on any atom is -0.288 e. The number of halogens is 1. The molecule has 0 bridgehead atoms. The minimum atomic E-state index is -0.310. The number of thiazole rings is 1. The van der Waals surface area contributed by atoms with Crippen molar-refractivity contribution >= 4 is 34.2 Å². The largest absolute Gasteiger partial charge is 0.288 e. The molecule has 2 heterocycles. The molecule has 0 unspecified atom stereocenters. The van der Waals surface area contributed by atoms with Crippen LogP contribution in [0.2, 0.25) is 0 Å². The van der Waals surface area contributed by atoms with Gasteiger partial charge in [-0.1, -0.05) is 26.2 Å². The van der Waals surface area contributed by atoms with Gasteiger partial charge in [-0.05, 0) is 43.5 Å². The Morgan fingerprint density at radius 1 is 1.16 bits per heavy atom. The number of nitrogens with zero attached hydrogens (tertiary/aromatic N) is 3. The fraction of sp³-hybridized carbons (Fsp3) is 0.500. The molecule has 0 N–H and O–H groups in total. The molecule has 1 aromatic carbocycles. The van der Waals surface area contributed by atoms with Gasteiger partial charge in [0.25, 0.3) is 0 Å². The van der Waals surface area contributed by atoms with Crippen molar-refractivity contribution in [1.82, 2.24) is 9.88 Å². The van der Waals surface area contributed by atoms with Crippen molar-refractivity contribution in [2.45, 2.75) is 51.9 Å². The Labute approximate surface area is 191 Å². The summed E-state index contributed by atoms with van der Waals surface area (Å²) in [5, 5.41) is 2.43. The van der Waals surface area contributed by atoms with E-state index in [-0.39, 0.29) is 48.3 Å². The van der Waals surface area contributed by atoms with E-state index in [1.165, 1.54) is 28.4 Å². The van der Waals surface area contributed by atoms with E-state index in [0.717, 1.165) is 44.1 Å². The van der Waals surface area contributed by atoms with Gasteiger partial charge in [0.15, 0.2) is 5.13 Å². The van der Waals surface area contributed by atoms with Crippen LogP contribution in [0, 0.1) is 17.7 Å². The molecule has 2 aliphatic rings. The van der Waals surface area contributed by atoms with Crippen LogP contribution in [0.25, 0.3) is 11.3 Å². The molecule has 8 heteroatoms. The molecular formula is C24H28FN3O3S. The number of likely N-dealkylation sites (tertiary alicyclic amines) is 1. The van der Waals surface area contributed by atoms with Gasteiger partial charge in [0, 0.05) is 30.5 Å². The van der Waals surface area contributed by atoms with Crippen LogP contribution < -0.4 is 4.90 Å². The Balaban J connectivity index is 1.45. The zero-order valence-corrected chi connectivity index (χ0v) is 19.1. The molecule has 2 fully saturated rings. The molecule has 0 radical (unpaired) electrons. The Kier molecular flexibility index (Phi) is 6.98. The van der Waals surface area contributed by atoms with E-state index in [1.807, 2.05) is 5.38 Å². The number of benzene rings is 1. The average molecular weight is 458 g/mol. The molecule has 4 rings (SSSR count). The molecule has 1 saturated carbocycles. The smallest absolute Gasteiger partial charge is 0.233 e. The number of hydrogen-bond acceptors (Lipinski definition) is 5. The Bertz CT molecular complexity index is 967. The number of carbonyl (C=O) groups excluding carboxylic acids is 3. The minimum absolute atomic E-state index is 0.0894. The lowest BCUT2D eigenvalue weighted by molar-refractivity contribution is -0.140. The topological polar surface area (TPSA) is 70.6 Å². The third-order valence-electron chi connectivity index (χ3n) is 6.38. The summed E-state index contributed by atoms with van der Waals surface area (Å²) >= 11 is 1.36. The molecular weight excluding hydrogens is 429 g/mol. The molecule has 1 saturated heterocycles. The van der Waals surface area contributed by atoms with Gasteiger partial charge in [0.2, 0.25) is 17.7 Å². The summed E-state index contributed by atoms with van der Waals surface area (Å²) in [6.07, 6.45) is 5.35. The van der Waals surface area contributed by atoms with Crippen molar-refractivity contribution in [2.24, 2.45) is 11.8 Å². The molecule has 2 atom stereocenters. The Hall–Kier alpha value is -2.61. The van der Waals surface area contributed by atoms with E-state index >= 15 is 0 Å². The SMILES string of the molecule is CCCCN(C(=O)CCN1C(=O)[C@@H]2CCCC[C@H]2C1=O)c1nc(-c2ccc(F)cc2)cs1. The lowest BCUT2D eigenvalue weighted by Gasteiger charge is -2.21. The second-order valence-corrected chi connectivity index (χ2v) is 9.33. The first-order valence-corrected chi connectivity index (χ1v) is 12.2. The number of carbonyl (C=O) groups is 3. The van der Waals surface area contributed by atoms with Gasteiger partial charge in [-0.15, -0.1) is 11.3 Å². The van der Waals surface area contributed by atoms with E-state index < -0.39 is 0 Å². The van der Waals surface area contributed by atoms with Crippen molar-refractivity contribution in [1.29, 1.82) is 0 Å². The second kappa shape index (κ2) is 9.90. The van der Waals surface area contributed by atoms with E-state index in [1.54, 1.807) is 17.0 Å². The van der Waals surface area contributed by atoms with Gasteiger partial charge < -0.3 is 0 Å². The highest BCUT2D eigenvalue weighted by atomic mass is 32.1. The molecule has 1 aliphatic heterocycles. The van der Waals surface area contributed by atoms with Crippen molar-refractivity contribution in [3.05, 3.63) is 35.5 Å². The first kappa shape index (κ1) is 22.6. The van der Waals surface area contributed by atoms with Crippen LogP contribution >= 0.6 is 11.3 Å². The van der Waals surface area contributed by atoms with Crippen LogP contribution in [-0.2, 0) is 14.4 Å². The summed E-state index contributed by atoms with van der Waals surface area (Å²) in [6.45, 7) is 2.71. The van der Waals surface area contributed by atoms with Crippen LogP contribution in [0.4, 0.5) is 9.52 Å². The maximum Gasteiger partial charge on any atom is 0.233 e. The zero-order valence-electron chi connectivity index (χ0n) is 18.3. The third-order valence-corrected chi connectivity index (χ3v) is 7.24. The van der Waals surface area contributed by atoms with Crippen LogP contribution in [0.5, 0.6) is 0 Å². The van der Waals surface area contributed by atoms with Crippen molar-refractivity contribution in [3.63, 3.8) is 0 Å². The standard InChI is InChI=1S/C24H28FN3O3S/c1-2-3-13-27(24-26-20(15-32-24)16-8-10-17(25)11-9-16)21(29)12-14-28-22(30)18-6-4-5-7-19(18)23(28)31/h8-11,15,18-19H,2-7,12-14H2,1H3/t18-,19-/m1/s1. The fourth-order valence-corrected chi connectivity index (χ4v) is 5.46. The predicted octanol–water partition coefficient (Wildman–Crippen LogP) is 4.65. The van der Waals surface area contributed by atoms with Gasteiger partial charge in [0.05, 0.1) is 17.5 Å². The van der Waals surface area contributed by atoms with E-state index in [9.17, 15) is 18.8 Å². The first-order chi connectivity index (χ1) is 15.5. The van der Waals surface area contributed by atoms with Crippen molar-refractivity contribution in [3.8, 4) is 11.3 Å². The van der Waals surface area contributed by atoms with Crippen LogP contribution in [0.15, 0.2) is 29.6 Å². The second-order valence-electron chi connectivity index (χ2n) is 8.50. The Morgan fingerprint density at radius 2 is 1.81 bits per heavy atom. The third kappa shape index (κ3) is 4.60. The Morgan fingerprint density at radius 3 is 2.44 bits per heavy atom. The summed E-state index contributed by atoms with van der Waals surface area (Å²) in [5.74, 6) is -1.07. The van der Waals surface area contributed by atoms with Crippen LogP contribution in [0.1, 0.15) is 51.9 Å². The van der Waals surface area contributed by atoms with Gasteiger partial charge in [0.1, 0.15) is 5.82 Å². The number of imide groups is 1. The van der Waals surface area contributed by atoms with Gasteiger partial charge in [-0.3, -0.25) is 24.2 Å². The molecule has 1 aliphatic carbocycles. The van der Waals surface area contributed by atoms with E-state index in [2.05, 4.69) is 11.9 Å². The summed E-state index contributed by atoms with van der Waals surface area (Å²) in [6, 6.07) is 6.10. The van der Waals surface area contributed by atoms with Gasteiger partial charge in [-0.2, -0.15) is 0 Å². The van der Waals surface area contributed by atoms with Crippen molar-refractivity contribution < 1.29 is 18.8 Å². The number of aromatic nitrogens is 1. The fourth-order valence-electron chi connectivity index (χ4n) is 4.58. The van der Waals surface area contributed by atoms with E-state index in [4.69, 9.17) is 0 Å². The predicted molar refractivity (Wildman–Crippen MR) is 122 cm³/mol. The van der Waals surface area contributed by atoms with Crippen LogP contribution in [0.3, 0.4) is 0 Å². The quantitative estimate of drug-likeness (QED) is 0.541. The summed E-state index contributed by atoms with van der Waals surface area (Å²) < 4.78 is 13.2. The number of amides is 3. The molecule has 2 aromatic rings. The molecule has 6 nitrogen and oxygen atoms in total. The lowest BCUT2D eigenvalue weighted by atomic mass is 9.81. The zero-order chi connectivity index (χ0) is 22.7. The van der Waals surface area contributed by atoms with Gasteiger partial charge >= 0.3 is 0 Å². The number of anilines is 1. The lowest BCUT2D eigenvalue weighted by Crippen LogP contribution is -2.38. The number of rotatable bonds is 8. The molecule has 3 amide bonds. The highest BCUT2D eigenvalue weighted by Crippen LogP contribution is 2.38. The van der Waals surface area contributed by atoms with E-state index in [0.29, 0.717) is 17.4 Å². The highest BCUT2D eigenvalue weighted by molar-refractivity contribution is 7.14. The van der Waals surface area contributed by atoms with Crippen molar-refractivity contribution in [2.75, 3.05) is 18.0 Å². The molecule has 1 aromatic heterocycles. The monoisotopic (exact) mass is 457 g/mol. The average Bonchev–Trinajstić information content (AvgIpc) is 3.37. The number of hydrogen-bond donors (Lipinski definition) is 0. The first-order valence-electron chi connectivity index (χ1n) is 11.4. The molecule has 32 heavy (non-hydrogen) atoms. The maximum atomic E-state index is 13.2. The number of unbranched alkanes of at least 4 members (excludes halogenated alkanes) is 1. The maximum absolute atomic E-state index is 13.2.